The maximum atomic E-state index is 10.9. The molecule has 0 spiro atoms. The second kappa shape index (κ2) is 3.91. The molecule has 0 N–H and O–H groups in total. The van der Waals surface area contributed by atoms with Crippen LogP contribution < -0.4 is 0 Å². The van der Waals surface area contributed by atoms with Crippen LogP contribution in [0.15, 0.2) is 12.1 Å². The van der Waals surface area contributed by atoms with Gasteiger partial charge in [0.2, 0.25) is 0 Å². The fraction of sp³-hybridized carbons (Fsp3) is 0.273. The summed E-state index contributed by atoms with van der Waals surface area (Å²) in [6, 6.07) is 3.48. The van der Waals surface area contributed by atoms with E-state index in [2.05, 4.69) is 18.8 Å². The van der Waals surface area contributed by atoms with Crippen LogP contribution in [0.25, 0.3) is 10.2 Å². The average Bonchev–Trinajstić information content (AvgIpc) is 2.59. The number of rotatable bonds is 2. The molecule has 0 saturated heterocycles. The molecule has 0 bridgehead atoms. The van der Waals surface area contributed by atoms with Crippen molar-refractivity contribution in [1.29, 1.82) is 0 Å². The van der Waals surface area contributed by atoms with Gasteiger partial charge in [0.1, 0.15) is 0 Å². The summed E-state index contributed by atoms with van der Waals surface area (Å²) in [6.45, 7) is 4.17. The number of aldehydes is 1. The molecule has 2 rings (SSSR count). The Morgan fingerprint density at radius 2 is 2.20 bits per heavy atom. The van der Waals surface area contributed by atoms with E-state index in [1.165, 1.54) is 0 Å². The first-order valence-corrected chi connectivity index (χ1v) is 5.86. The lowest BCUT2D eigenvalue weighted by Crippen LogP contribution is -1.83. The predicted molar refractivity (Wildman–Crippen MR) is 64.1 cm³/mol. The molecule has 78 valence electrons. The minimum Gasteiger partial charge on any atom is -0.298 e. The van der Waals surface area contributed by atoms with Gasteiger partial charge in [-0.2, -0.15) is 0 Å². The summed E-state index contributed by atoms with van der Waals surface area (Å²) in [6.07, 6.45) is 0.830. The molecule has 0 aliphatic heterocycles. The molecule has 0 unspecified atom stereocenters. The number of nitrogens with zero attached hydrogens (tertiary/aromatic N) is 1. The van der Waals surface area contributed by atoms with E-state index in [9.17, 15) is 4.79 Å². The monoisotopic (exact) mass is 239 g/mol. The van der Waals surface area contributed by atoms with Crippen molar-refractivity contribution in [1.82, 2.24) is 4.98 Å². The van der Waals surface area contributed by atoms with Crippen molar-refractivity contribution >= 4 is 39.4 Å². The highest BCUT2D eigenvalue weighted by atomic mass is 35.5. The third-order valence-corrected chi connectivity index (χ3v) is 3.76. The van der Waals surface area contributed by atoms with Gasteiger partial charge in [-0.25, -0.2) is 4.98 Å². The Labute approximate surface area is 96.9 Å². The fourth-order valence-corrected chi connectivity index (χ4v) is 2.62. The summed E-state index contributed by atoms with van der Waals surface area (Å²) in [7, 11) is 0. The molecular weight excluding hydrogens is 230 g/mol. The van der Waals surface area contributed by atoms with Gasteiger partial charge in [0.05, 0.1) is 15.2 Å². The molecular formula is C11H10ClNOS. The van der Waals surface area contributed by atoms with Crippen LogP contribution in [0.2, 0.25) is 5.02 Å². The van der Waals surface area contributed by atoms with Crippen LogP contribution in [0.3, 0.4) is 0 Å². The number of carbonyl (C=O) groups excluding carboxylic acids is 1. The van der Waals surface area contributed by atoms with Gasteiger partial charge >= 0.3 is 0 Å². The zero-order valence-corrected chi connectivity index (χ0v) is 10.0. The number of thiazole rings is 1. The average molecular weight is 240 g/mol. The lowest BCUT2D eigenvalue weighted by atomic mass is 10.2. The minimum atomic E-state index is 0.376. The molecule has 1 aromatic carbocycles. The Bertz CT molecular complexity index is 519. The third-order valence-electron chi connectivity index (χ3n) is 2.12. The van der Waals surface area contributed by atoms with Crippen LogP contribution in [0.4, 0.5) is 0 Å². The summed E-state index contributed by atoms with van der Waals surface area (Å²) < 4.78 is 0.929. The zero-order chi connectivity index (χ0) is 11.0. The van der Waals surface area contributed by atoms with E-state index in [0.717, 1.165) is 21.5 Å². The lowest BCUT2D eigenvalue weighted by Gasteiger charge is -1.94. The topological polar surface area (TPSA) is 30.0 Å². The molecule has 0 atom stereocenters. The van der Waals surface area contributed by atoms with Crippen molar-refractivity contribution in [2.24, 2.45) is 0 Å². The van der Waals surface area contributed by atoms with Gasteiger partial charge in [-0.05, 0) is 12.1 Å². The van der Waals surface area contributed by atoms with E-state index < -0.39 is 0 Å². The Hall–Kier alpha value is -0.930. The number of fused-ring (bicyclic) bond motifs is 1. The molecule has 1 heterocycles. The predicted octanol–water partition coefficient (Wildman–Crippen LogP) is 3.89. The lowest BCUT2D eigenvalue weighted by molar-refractivity contribution is 0.112. The van der Waals surface area contributed by atoms with Gasteiger partial charge in [0.25, 0.3) is 0 Å². The van der Waals surface area contributed by atoms with E-state index >= 15 is 0 Å². The molecule has 0 amide bonds. The summed E-state index contributed by atoms with van der Waals surface area (Å²) in [5.74, 6) is 0.376. The molecule has 0 aliphatic carbocycles. The van der Waals surface area contributed by atoms with Crippen molar-refractivity contribution in [3.8, 4) is 0 Å². The first-order valence-electron chi connectivity index (χ1n) is 4.67. The Morgan fingerprint density at radius 1 is 1.47 bits per heavy atom. The van der Waals surface area contributed by atoms with E-state index in [-0.39, 0.29) is 0 Å². The highest BCUT2D eigenvalue weighted by Gasteiger charge is 2.11. The molecule has 0 saturated carbocycles. The number of hydrogen-bond donors (Lipinski definition) is 0. The van der Waals surface area contributed by atoms with Crippen LogP contribution >= 0.6 is 22.9 Å². The van der Waals surface area contributed by atoms with Crippen molar-refractivity contribution in [2.45, 2.75) is 19.8 Å². The fourth-order valence-electron chi connectivity index (χ4n) is 1.37. The number of halogens is 1. The molecule has 2 aromatic rings. The van der Waals surface area contributed by atoms with E-state index in [1.54, 1.807) is 23.5 Å². The summed E-state index contributed by atoms with van der Waals surface area (Å²) in [4.78, 5) is 15.3. The van der Waals surface area contributed by atoms with Crippen molar-refractivity contribution in [3.63, 3.8) is 0 Å². The Kier molecular flexibility index (Phi) is 2.76. The largest absolute Gasteiger partial charge is 0.298 e. The Balaban J connectivity index is 2.74. The van der Waals surface area contributed by atoms with Gasteiger partial charge in [0, 0.05) is 16.5 Å². The number of carbonyl (C=O) groups is 1. The van der Waals surface area contributed by atoms with Gasteiger partial charge < -0.3 is 0 Å². The number of hydrogen-bond acceptors (Lipinski definition) is 3. The molecule has 4 heteroatoms. The standard InChI is InChI=1S/C11H10ClNOS/c1-6(2)11-13-9-4-8(12)3-7(5-14)10(9)15-11/h3-6H,1-2H3. The quantitative estimate of drug-likeness (QED) is 0.745. The smallest absolute Gasteiger partial charge is 0.151 e. The minimum absolute atomic E-state index is 0.376. The second-order valence-electron chi connectivity index (χ2n) is 3.67. The zero-order valence-electron chi connectivity index (χ0n) is 8.45. The SMILES string of the molecule is CC(C)c1nc2cc(Cl)cc(C=O)c2s1. The van der Waals surface area contributed by atoms with E-state index in [0.29, 0.717) is 16.5 Å². The van der Waals surface area contributed by atoms with Gasteiger partial charge in [-0.3, -0.25) is 4.79 Å². The first kappa shape index (κ1) is 10.6. The normalized spacial score (nSPS) is 11.2. The van der Waals surface area contributed by atoms with Crippen LogP contribution in [0.5, 0.6) is 0 Å². The first-order chi connectivity index (χ1) is 7.11. The molecule has 0 radical (unpaired) electrons. The molecule has 0 fully saturated rings. The molecule has 0 aliphatic rings. The third kappa shape index (κ3) is 1.90. The highest BCUT2D eigenvalue weighted by molar-refractivity contribution is 7.19. The summed E-state index contributed by atoms with van der Waals surface area (Å²) in [5, 5.41) is 1.60. The van der Waals surface area contributed by atoms with E-state index in [4.69, 9.17) is 11.6 Å². The maximum Gasteiger partial charge on any atom is 0.151 e. The van der Waals surface area contributed by atoms with Gasteiger partial charge in [0.15, 0.2) is 6.29 Å². The van der Waals surface area contributed by atoms with Crippen LogP contribution in [0, 0.1) is 0 Å². The Morgan fingerprint density at radius 3 is 2.80 bits per heavy atom. The van der Waals surface area contributed by atoms with Crippen molar-refractivity contribution in [3.05, 3.63) is 27.7 Å². The van der Waals surface area contributed by atoms with Crippen molar-refractivity contribution in [2.75, 3.05) is 0 Å². The van der Waals surface area contributed by atoms with Gasteiger partial charge in [-0.1, -0.05) is 25.4 Å². The van der Waals surface area contributed by atoms with Gasteiger partial charge in [-0.15, -0.1) is 11.3 Å². The number of aromatic nitrogens is 1. The summed E-state index contributed by atoms with van der Waals surface area (Å²) >= 11 is 7.46. The van der Waals surface area contributed by atoms with Crippen molar-refractivity contribution < 1.29 is 4.79 Å². The molecule has 2 nitrogen and oxygen atoms in total. The number of benzene rings is 1. The second-order valence-corrected chi connectivity index (χ2v) is 5.14. The van der Waals surface area contributed by atoms with Crippen LogP contribution in [-0.2, 0) is 0 Å². The van der Waals surface area contributed by atoms with E-state index in [1.807, 2.05) is 0 Å². The molecule has 15 heavy (non-hydrogen) atoms. The van der Waals surface area contributed by atoms with Crippen LogP contribution in [-0.4, -0.2) is 11.3 Å². The molecule has 1 aromatic heterocycles. The van der Waals surface area contributed by atoms with Crippen LogP contribution in [0.1, 0.15) is 35.1 Å². The summed E-state index contributed by atoms with van der Waals surface area (Å²) in [5.41, 5.74) is 1.44. The maximum absolute atomic E-state index is 10.9. The highest BCUT2D eigenvalue weighted by Crippen LogP contribution is 2.31.